The Morgan fingerprint density at radius 3 is 3.12 bits per heavy atom. The van der Waals surface area contributed by atoms with Gasteiger partial charge in [0.2, 0.25) is 0 Å². The van der Waals surface area contributed by atoms with E-state index in [1.165, 1.54) is 20.5 Å². The summed E-state index contributed by atoms with van der Waals surface area (Å²) in [5.74, 6) is 1.04. The number of carbonyl (C=O) groups excluding carboxylic acids is 1. The Morgan fingerprint density at radius 1 is 1.38 bits per heavy atom. The highest BCUT2D eigenvalue weighted by Gasteiger charge is 2.21. The molecule has 0 saturated heterocycles. The molecule has 0 fully saturated rings. The van der Waals surface area contributed by atoms with Crippen molar-refractivity contribution in [2.24, 2.45) is 0 Å². The van der Waals surface area contributed by atoms with Crippen molar-refractivity contribution >= 4 is 39.1 Å². The van der Waals surface area contributed by atoms with Crippen molar-refractivity contribution in [2.75, 3.05) is 12.3 Å². The van der Waals surface area contributed by atoms with Crippen LogP contribution in [0.25, 0.3) is 10.1 Å². The minimum atomic E-state index is 0.0839. The lowest BCUT2D eigenvalue weighted by Gasteiger charge is -1.98. The zero-order chi connectivity index (χ0) is 11.1. The predicted octanol–water partition coefficient (Wildman–Crippen LogP) is 3.05. The molecule has 1 amide bonds. The molecule has 2 nitrogen and oxygen atoms in total. The van der Waals surface area contributed by atoms with Crippen LogP contribution >= 0.6 is 23.1 Å². The largest absolute Gasteiger partial charge is 0.350 e. The molecule has 0 radical (unpaired) electrons. The molecule has 16 heavy (non-hydrogen) atoms. The monoisotopic (exact) mass is 249 g/mol. The summed E-state index contributed by atoms with van der Waals surface area (Å²) in [7, 11) is 0. The molecule has 0 saturated carbocycles. The number of thioether (sulfide) groups is 1. The zero-order valence-electron chi connectivity index (χ0n) is 8.87. The van der Waals surface area contributed by atoms with Crippen LogP contribution in [0.3, 0.4) is 0 Å². The lowest BCUT2D eigenvalue weighted by Crippen LogP contribution is -2.22. The van der Waals surface area contributed by atoms with Crippen molar-refractivity contribution in [1.29, 1.82) is 0 Å². The lowest BCUT2D eigenvalue weighted by atomic mass is 10.2. The second-order valence-electron chi connectivity index (χ2n) is 3.82. The van der Waals surface area contributed by atoms with Crippen molar-refractivity contribution in [2.45, 2.75) is 11.8 Å². The number of fused-ring (bicyclic) bond motifs is 3. The minimum Gasteiger partial charge on any atom is -0.350 e. The Hall–Kier alpha value is -1.00. The molecule has 0 atom stereocenters. The van der Waals surface area contributed by atoms with Gasteiger partial charge >= 0.3 is 0 Å². The molecule has 82 valence electrons. The molecular weight excluding hydrogens is 238 g/mol. The molecule has 0 bridgehead atoms. The van der Waals surface area contributed by atoms with Crippen LogP contribution in [0, 0.1) is 6.92 Å². The third-order valence-corrected chi connectivity index (χ3v) is 5.30. The van der Waals surface area contributed by atoms with E-state index in [-0.39, 0.29) is 5.91 Å². The van der Waals surface area contributed by atoms with E-state index < -0.39 is 0 Å². The van der Waals surface area contributed by atoms with Gasteiger partial charge < -0.3 is 5.32 Å². The number of aryl methyl sites for hydroxylation is 1. The van der Waals surface area contributed by atoms with Gasteiger partial charge in [0.05, 0.1) is 0 Å². The van der Waals surface area contributed by atoms with Crippen molar-refractivity contribution in [3.8, 4) is 0 Å². The zero-order valence-corrected chi connectivity index (χ0v) is 10.5. The van der Waals surface area contributed by atoms with Gasteiger partial charge in [-0.3, -0.25) is 4.79 Å². The number of rotatable bonds is 0. The number of thiophene rings is 1. The van der Waals surface area contributed by atoms with Gasteiger partial charge in [-0.05, 0) is 12.5 Å². The van der Waals surface area contributed by atoms with E-state index in [9.17, 15) is 4.79 Å². The molecule has 0 unspecified atom stereocenters. The Bertz CT molecular complexity index is 574. The molecule has 4 heteroatoms. The van der Waals surface area contributed by atoms with E-state index in [4.69, 9.17) is 0 Å². The first-order valence-corrected chi connectivity index (χ1v) is 7.00. The van der Waals surface area contributed by atoms with Crippen LogP contribution in [0.2, 0.25) is 0 Å². The first-order valence-electron chi connectivity index (χ1n) is 5.20. The van der Waals surface area contributed by atoms with Crippen LogP contribution < -0.4 is 5.32 Å². The first-order chi connectivity index (χ1) is 7.77. The maximum absolute atomic E-state index is 11.9. The van der Waals surface area contributed by atoms with Crippen LogP contribution in [-0.4, -0.2) is 18.2 Å². The molecule has 1 aromatic heterocycles. The fraction of sp³-hybridized carbons (Fsp3) is 0.250. The molecule has 1 aliphatic heterocycles. The summed E-state index contributed by atoms with van der Waals surface area (Å²) in [5, 5.41) is 4.17. The Kier molecular flexibility index (Phi) is 2.41. The molecule has 2 heterocycles. The van der Waals surface area contributed by atoms with E-state index in [1.807, 2.05) is 0 Å². The third-order valence-electron chi connectivity index (χ3n) is 2.71. The van der Waals surface area contributed by atoms with E-state index in [1.54, 1.807) is 23.1 Å². The standard InChI is InChI=1S/C12H11NOS2/c1-7-3-2-4-8-9(7)16-11-10(8)15-6-5-13-12(11)14/h2-4H,5-6H2,1H3,(H,13,14). The van der Waals surface area contributed by atoms with E-state index in [2.05, 4.69) is 30.4 Å². The highest BCUT2D eigenvalue weighted by molar-refractivity contribution is 7.99. The van der Waals surface area contributed by atoms with Gasteiger partial charge in [0.15, 0.2) is 0 Å². The average Bonchev–Trinajstić information content (AvgIpc) is 2.55. The fourth-order valence-electron chi connectivity index (χ4n) is 1.93. The Morgan fingerprint density at radius 2 is 2.25 bits per heavy atom. The molecule has 3 rings (SSSR count). The molecular formula is C12H11NOS2. The Balaban J connectivity index is 2.33. The van der Waals surface area contributed by atoms with Gasteiger partial charge in [-0.25, -0.2) is 0 Å². The molecule has 2 aromatic rings. The lowest BCUT2D eigenvalue weighted by molar-refractivity contribution is 0.0959. The average molecular weight is 249 g/mol. The molecule has 1 N–H and O–H groups in total. The van der Waals surface area contributed by atoms with Crippen LogP contribution in [0.15, 0.2) is 23.1 Å². The number of hydrogen-bond donors (Lipinski definition) is 1. The Labute approximate surface area is 102 Å². The molecule has 0 spiro atoms. The summed E-state index contributed by atoms with van der Waals surface area (Å²) in [6, 6.07) is 6.28. The van der Waals surface area contributed by atoms with Crippen molar-refractivity contribution in [1.82, 2.24) is 5.32 Å². The summed E-state index contributed by atoms with van der Waals surface area (Å²) < 4.78 is 1.25. The minimum absolute atomic E-state index is 0.0839. The summed E-state index contributed by atoms with van der Waals surface area (Å²) in [6.45, 7) is 2.86. The van der Waals surface area contributed by atoms with Gasteiger partial charge in [-0.15, -0.1) is 23.1 Å². The van der Waals surface area contributed by atoms with Crippen LogP contribution in [-0.2, 0) is 0 Å². The fourth-order valence-corrected chi connectivity index (χ4v) is 4.33. The molecule has 1 aromatic carbocycles. The topological polar surface area (TPSA) is 29.1 Å². The molecule has 1 aliphatic rings. The van der Waals surface area contributed by atoms with Gasteiger partial charge in [-0.1, -0.05) is 18.2 Å². The molecule has 0 aliphatic carbocycles. The van der Waals surface area contributed by atoms with Gasteiger partial charge in [-0.2, -0.15) is 0 Å². The van der Waals surface area contributed by atoms with Gasteiger partial charge in [0.25, 0.3) is 5.91 Å². The SMILES string of the molecule is Cc1cccc2c3c(sc12)C(=O)NCCS3. The smallest absolute Gasteiger partial charge is 0.262 e. The highest BCUT2D eigenvalue weighted by atomic mass is 32.2. The third kappa shape index (κ3) is 1.44. The number of amides is 1. The summed E-state index contributed by atoms with van der Waals surface area (Å²) in [6.07, 6.45) is 0. The summed E-state index contributed by atoms with van der Waals surface area (Å²) in [5.41, 5.74) is 1.25. The number of hydrogen-bond acceptors (Lipinski definition) is 3. The van der Waals surface area contributed by atoms with Crippen molar-refractivity contribution < 1.29 is 4.79 Å². The van der Waals surface area contributed by atoms with Gasteiger partial charge in [0.1, 0.15) is 4.88 Å². The number of nitrogens with one attached hydrogen (secondary N) is 1. The normalized spacial score (nSPS) is 15.7. The second-order valence-corrected chi connectivity index (χ2v) is 5.94. The predicted molar refractivity (Wildman–Crippen MR) is 69.6 cm³/mol. The number of carbonyl (C=O) groups is 1. The van der Waals surface area contributed by atoms with Crippen LogP contribution in [0.1, 0.15) is 15.2 Å². The quantitative estimate of drug-likeness (QED) is 0.777. The number of benzene rings is 1. The maximum Gasteiger partial charge on any atom is 0.262 e. The van der Waals surface area contributed by atoms with E-state index in [0.29, 0.717) is 0 Å². The van der Waals surface area contributed by atoms with Gasteiger partial charge in [0, 0.05) is 27.3 Å². The van der Waals surface area contributed by atoms with E-state index in [0.717, 1.165) is 17.2 Å². The maximum atomic E-state index is 11.9. The summed E-state index contributed by atoms with van der Waals surface area (Å²) >= 11 is 3.40. The van der Waals surface area contributed by atoms with E-state index >= 15 is 0 Å². The van der Waals surface area contributed by atoms with Crippen LogP contribution in [0.4, 0.5) is 0 Å². The second kappa shape index (κ2) is 3.79. The van der Waals surface area contributed by atoms with Crippen LogP contribution in [0.5, 0.6) is 0 Å². The van der Waals surface area contributed by atoms with Crippen molar-refractivity contribution in [3.63, 3.8) is 0 Å². The first kappa shape index (κ1) is 10.2. The summed E-state index contributed by atoms with van der Waals surface area (Å²) in [4.78, 5) is 13.9. The highest BCUT2D eigenvalue weighted by Crippen LogP contribution is 2.40. The van der Waals surface area contributed by atoms with Crippen molar-refractivity contribution in [3.05, 3.63) is 28.6 Å².